The van der Waals surface area contributed by atoms with E-state index in [0.29, 0.717) is 11.7 Å². The summed E-state index contributed by atoms with van der Waals surface area (Å²) in [7, 11) is 0. The minimum atomic E-state index is -0.550. The zero-order valence-electron chi connectivity index (χ0n) is 18.8. The molecule has 1 saturated carbocycles. The molecule has 0 atom stereocenters. The van der Waals surface area contributed by atoms with E-state index in [-0.39, 0.29) is 17.4 Å². The molecule has 1 aromatic heterocycles. The van der Waals surface area contributed by atoms with Gasteiger partial charge >= 0.3 is 0 Å². The van der Waals surface area contributed by atoms with Crippen molar-refractivity contribution in [3.8, 4) is 11.1 Å². The lowest BCUT2D eigenvalue weighted by atomic mass is 9.83. The smallest absolute Gasteiger partial charge is 0.231 e. The molecule has 0 unspecified atom stereocenters. The summed E-state index contributed by atoms with van der Waals surface area (Å²) >= 11 is 1.49. The van der Waals surface area contributed by atoms with Crippen molar-refractivity contribution in [2.75, 3.05) is 5.75 Å². The van der Waals surface area contributed by atoms with Gasteiger partial charge in [-0.05, 0) is 35.4 Å². The van der Waals surface area contributed by atoms with Gasteiger partial charge in [0.1, 0.15) is 5.54 Å². The van der Waals surface area contributed by atoms with E-state index < -0.39 is 5.54 Å². The molecular formula is C27H23N3O3S. The highest BCUT2D eigenvalue weighted by atomic mass is 32.2. The van der Waals surface area contributed by atoms with Crippen molar-refractivity contribution >= 4 is 34.2 Å². The molecule has 170 valence electrons. The van der Waals surface area contributed by atoms with E-state index in [1.807, 2.05) is 42.5 Å². The number of thioether (sulfide) groups is 1. The van der Waals surface area contributed by atoms with E-state index in [2.05, 4.69) is 27.6 Å². The summed E-state index contributed by atoms with van der Waals surface area (Å²) in [5.41, 5.74) is 2.93. The number of nitrogens with one attached hydrogen (secondary N) is 1. The van der Waals surface area contributed by atoms with Gasteiger partial charge in [-0.25, -0.2) is 0 Å². The molecular weight excluding hydrogens is 446 g/mol. The number of carbonyl (C=O) groups excluding carboxylic acids is 2. The summed E-state index contributed by atoms with van der Waals surface area (Å²) in [6.07, 6.45) is 3.66. The predicted octanol–water partition coefficient (Wildman–Crippen LogP) is 5.42. The maximum Gasteiger partial charge on any atom is 0.231 e. The average molecular weight is 470 g/mol. The van der Waals surface area contributed by atoms with Crippen LogP contribution in [0.25, 0.3) is 21.9 Å². The third kappa shape index (κ3) is 3.34. The van der Waals surface area contributed by atoms with Crippen LogP contribution < -0.4 is 5.32 Å². The quantitative estimate of drug-likeness (QED) is 0.346. The zero-order valence-corrected chi connectivity index (χ0v) is 19.6. The highest BCUT2D eigenvalue weighted by Gasteiger charge is 2.41. The number of rotatable bonds is 5. The molecule has 1 fully saturated rings. The van der Waals surface area contributed by atoms with Crippen LogP contribution in [0.1, 0.15) is 53.3 Å². The Balaban J connectivity index is 1.29. The molecule has 6 rings (SSSR count). The van der Waals surface area contributed by atoms with E-state index in [9.17, 15) is 9.59 Å². The van der Waals surface area contributed by atoms with Gasteiger partial charge in [0.25, 0.3) is 0 Å². The highest BCUT2D eigenvalue weighted by molar-refractivity contribution is 8.00. The van der Waals surface area contributed by atoms with Crippen molar-refractivity contribution in [1.82, 2.24) is 15.5 Å². The molecule has 1 heterocycles. The van der Waals surface area contributed by atoms with Crippen molar-refractivity contribution in [2.45, 2.75) is 43.0 Å². The molecule has 2 aliphatic carbocycles. The molecule has 0 aliphatic heterocycles. The van der Waals surface area contributed by atoms with Crippen LogP contribution in [0.5, 0.6) is 0 Å². The molecule has 0 spiro atoms. The van der Waals surface area contributed by atoms with Crippen LogP contribution in [0, 0.1) is 6.92 Å². The van der Waals surface area contributed by atoms with Gasteiger partial charge in [0.15, 0.2) is 11.6 Å². The fraction of sp³-hybridized carbons (Fsp3) is 0.259. The Morgan fingerprint density at radius 1 is 1.00 bits per heavy atom. The van der Waals surface area contributed by atoms with Crippen LogP contribution >= 0.6 is 11.8 Å². The maximum absolute atomic E-state index is 13.1. The van der Waals surface area contributed by atoms with Crippen molar-refractivity contribution in [1.29, 1.82) is 0 Å². The number of fused-ring (bicyclic) bond motifs is 2. The average Bonchev–Trinajstić information content (AvgIpc) is 3.51. The van der Waals surface area contributed by atoms with E-state index >= 15 is 0 Å². The topological polar surface area (TPSA) is 85.1 Å². The van der Waals surface area contributed by atoms with Gasteiger partial charge in [0.2, 0.25) is 11.8 Å². The SMILES string of the molecule is Cc1nc(C2(NC(=O)CSc3ccc4c5c(cccc35)C(=O)c3ccccc3-4)CCCC2)no1. The summed E-state index contributed by atoms with van der Waals surface area (Å²) in [6, 6.07) is 17.7. The molecule has 3 aromatic carbocycles. The van der Waals surface area contributed by atoms with Gasteiger partial charge < -0.3 is 9.84 Å². The van der Waals surface area contributed by atoms with Crippen LogP contribution in [0.15, 0.2) is 64.0 Å². The Kier molecular flexibility index (Phi) is 5.03. The predicted molar refractivity (Wildman–Crippen MR) is 131 cm³/mol. The minimum absolute atomic E-state index is 0.0483. The lowest BCUT2D eigenvalue weighted by Crippen LogP contribution is -2.45. The molecule has 1 amide bonds. The Morgan fingerprint density at radius 2 is 1.76 bits per heavy atom. The number of benzene rings is 3. The van der Waals surface area contributed by atoms with Crippen LogP contribution in [0.2, 0.25) is 0 Å². The lowest BCUT2D eigenvalue weighted by molar-refractivity contribution is -0.120. The van der Waals surface area contributed by atoms with Crippen molar-refractivity contribution < 1.29 is 14.1 Å². The summed E-state index contributed by atoms with van der Waals surface area (Å²) in [5, 5.41) is 9.27. The second-order valence-corrected chi connectivity index (χ2v) is 9.99. The van der Waals surface area contributed by atoms with Crippen LogP contribution in [0.3, 0.4) is 0 Å². The minimum Gasteiger partial charge on any atom is -0.342 e. The van der Waals surface area contributed by atoms with Crippen molar-refractivity contribution in [3.63, 3.8) is 0 Å². The second-order valence-electron chi connectivity index (χ2n) is 8.98. The molecule has 0 saturated heterocycles. The van der Waals surface area contributed by atoms with Gasteiger partial charge in [0.05, 0.1) is 5.75 Å². The summed E-state index contributed by atoms with van der Waals surface area (Å²) in [5.74, 6) is 1.33. The van der Waals surface area contributed by atoms with E-state index in [4.69, 9.17) is 4.52 Å². The molecule has 34 heavy (non-hydrogen) atoms. The second kappa shape index (κ2) is 8.09. The molecule has 0 bridgehead atoms. The third-order valence-electron chi connectivity index (χ3n) is 6.86. The van der Waals surface area contributed by atoms with Crippen LogP contribution in [-0.2, 0) is 10.3 Å². The number of aromatic nitrogens is 2. The molecule has 1 N–H and O–H groups in total. The number of amides is 1. The summed E-state index contributed by atoms with van der Waals surface area (Å²) < 4.78 is 5.19. The van der Waals surface area contributed by atoms with Crippen LogP contribution in [0.4, 0.5) is 0 Å². The highest BCUT2D eigenvalue weighted by Crippen LogP contribution is 2.43. The molecule has 6 nitrogen and oxygen atoms in total. The summed E-state index contributed by atoms with van der Waals surface area (Å²) in [4.78, 5) is 31.6. The Bertz CT molecular complexity index is 1450. The monoisotopic (exact) mass is 469 g/mol. The Morgan fingerprint density at radius 3 is 2.53 bits per heavy atom. The van der Waals surface area contributed by atoms with E-state index in [1.165, 1.54) is 11.8 Å². The molecule has 4 aromatic rings. The van der Waals surface area contributed by atoms with Crippen molar-refractivity contribution in [3.05, 3.63) is 77.4 Å². The third-order valence-corrected chi connectivity index (χ3v) is 7.93. The number of ketones is 1. The van der Waals surface area contributed by atoms with Gasteiger partial charge in [-0.1, -0.05) is 66.5 Å². The Hall–Kier alpha value is -3.45. The number of carbonyl (C=O) groups is 2. The standard InChI is InChI=1S/C27H23N3O3S/c1-16-28-26(30-33-16)27(13-4-5-14-27)29-23(31)15-34-22-12-11-18-17-7-2-3-8-19(17)25(32)21-10-6-9-20(22)24(18)21/h2-3,6-12H,4-5,13-15H2,1H3,(H,29,31). The maximum atomic E-state index is 13.1. The fourth-order valence-corrected chi connectivity index (χ4v) is 6.15. The Labute approximate surface area is 201 Å². The molecule has 2 aliphatic rings. The largest absolute Gasteiger partial charge is 0.342 e. The van der Waals surface area contributed by atoms with Gasteiger partial charge in [0, 0.05) is 28.3 Å². The summed E-state index contributed by atoms with van der Waals surface area (Å²) in [6.45, 7) is 1.76. The fourth-order valence-electron chi connectivity index (χ4n) is 5.30. The van der Waals surface area contributed by atoms with E-state index in [1.54, 1.807) is 6.92 Å². The lowest BCUT2D eigenvalue weighted by Gasteiger charge is -2.26. The first-order chi connectivity index (χ1) is 16.6. The number of aryl methyl sites for hydroxylation is 1. The molecule has 7 heteroatoms. The van der Waals surface area contributed by atoms with Crippen molar-refractivity contribution in [2.24, 2.45) is 0 Å². The number of hydrogen-bond donors (Lipinski definition) is 1. The normalized spacial score (nSPS) is 16.0. The zero-order chi connectivity index (χ0) is 23.3. The first-order valence-electron chi connectivity index (χ1n) is 11.5. The van der Waals surface area contributed by atoms with Gasteiger partial charge in [-0.15, -0.1) is 11.8 Å². The number of nitrogens with zero attached hydrogens (tertiary/aromatic N) is 2. The van der Waals surface area contributed by atoms with Gasteiger partial charge in [-0.2, -0.15) is 4.98 Å². The first kappa shape index (κ1) is 21.1. The first-order valence-corrected chi connectivity index (χ1v) is 12.5. The van der Waals surface area contributed by atoms with E-state index in [0.717, 1.165) is 63.6 Å². The number of hydrogen-bond acceptors (Lipinski definition) is 6. The molecule has 0 radical (unpaired) electrons. The van der Waals surface area contributed by atoms with Crippen LogP contribution in [-0.4, -0.2) is 27.6 Å². The van der Waals surface area contributed by atoms with Gasteiger partial charge in [-0.3, -0.25) is 9.59 Å².